The van der Waals surface area contributed by atoms with Gasteiger partial charge in [-0.3, -0.25) is 0 Å². The van der Waals surface area contributed by atoms with Gasteiger partial charge in [0.15, 0.2) is 0 Å². The standard InChI is InChI=1S/C13H19NO5S2/c1-13(16,9-20-3)8-14-21(17,18)11-6-4-10(5-7-11)12(15)19-2/h4-7,14,16H,8-9H2,1-3H3. The van der Waals surface area contributed by atoms with Crippen molar-refractivity contribution in [3.05, 3.63) is 29.8 Å². The third-order valence-corrected chi connectivity index (χ3v) is 5.01. The molecule has 1 rings (SSSR count). The number of methoxy groups -OCH3 is 1. The first-order chi connectivity index (χ1) is 9.72. The summed E-state index contributed by atoms with van der Waals surface area (Å²) < 4.78 is 31.1. The monoisotopic (exact) mass is 333 g/mol. The zero-order valence-electron chi connectivity index (χ0n) is 12.1. The van der Waals surface area contributed by atoms with E-state index in [0.717, 1.165) is 0 Å². The van der Waals surface area contributed by atoms with Crippen molar-refractivity contribution in [3.8, 4) is 0 Å². The van der Waals surface area contributed by atoms with E-state index in [9.17, 15) is 18.3 Å². The zero-order valence-corrected chi connectivity index (χ0v) is 13.8. The van der Waals surface area contributed by atoms with Crippen LogP contribution >= 0.6 is 11.8 Å². The summed E-state index contributed by atoms with van der Waals surface area (Å²) in [5.41, 5.74) is -0.857. The third kappa shape index (κ3) is 5.31. The molecule has 0 aliphatic heterocycles. The van der Waals surface area contributed by atoms with Gasteiger partial charge < -0.3 is 9.84 Å². The highest BCUT2D eigenvalue weighted by molar-refractivity contribution is 7.98. The summed E-state index contributed by atoms with van der Waals surface area (Å²) in [6.07, 6.45) is 1.83. The van der Waals surface area contributed by atoms with E-state index in [1.54, 1.807) is 6.92 Å². The Labute approximate surface area is 128 Å². The van der Waals surface area contributed by atoms with Crippen LogP contribution in [0.3, 0.4) is 0 Å². The molecule has 0 bridgehead atoms. The summed E-state index contributed by atoms with van der Waals surface area (Å²) in [6.45, 7) is 1.47. The number of rotatable bonds is 7. The van der Waals surface area contributed by atoms with Crippen LogP contribution in [0.2, 0.25) is 0 Å². The Hall–Kier alpha value is -1.09. The molecule has 1 aromatic rings. The summed E-state index contributed by atoms with van der Waals surface area (Å²) >= 11 is 1.43. The van der Waals surface area contributed by atoms with Crippen LogP contribution < -0.4 is 4.72 Å². The summed E-state index contributed by atoms with van der Waals surface area (Å²) in [6, 6.07) is 5.39. The van der Waals surface area contributed by atoms with Gasteiger partial charge in [0.25, 0.3) is 0 Å². The Balaban J connectivity index is 2.81. The van der Waals surface area contributed by atoms with Gasteiger partial charge in [0.05, 0.1) is 23.2 Å². The van der Waals surface area contributed by atoms with Crippen molar-refractivity contribution in [2.75, 3.05) is 25.7 Å². The first kappa shape index (κ1) is 18.0. The number of sulfonamides is 1. The molecular formula is C13H19NO5S2. The number of thioether (sulfide) groups is 1. The molecule has 118 valence electrons. The molecule has 0 radical (unpaired) electrons. The highest BCUT2D eigenvalue weighted by Gasteiger charge is 2.23. The maximum Gasteiger partial charge on any atom is 0.337 e. The lowest BCUT2D eigenvalue weighted by Gasteiger charge is -2.22. The van der Waals surface area contributed by atoms with Gasteiger partial charge in [-0.25, -0.2) is 17.9 Å². The van der Waals surface area contributed by atoms with Crippen LogP contribution in [0, 0.1) is 0 Å². The van der Waals surface area contributed by atoms with Crippen molar-refractivity contribution in [3.63, 3.8) is 0 Å². The van der Waals surface area contributed by atoms with Crippen molar-refractivity contribution in [2.24, 2.45) is 0 Å². The molecule has 0 heterocycles. The molecule has 0 saturated heterocycles. The first-order valence-electron chi connectivity index (χ1n) is 6.11. The maximum atomic E-state index is 12.1. The number of nitrogens with one attached hydrogen (secondary N) is 1. The van der Waals surface area contributed by atoms with E-state index in [4.69, 9.17) is 0 Å². The van der Waals surface area contributed by atoms with Crippen molar-refractivity contribution in [1.82, 2.24) is 4.72 Å². The van der Waals surface area contributed by atoms with Crippen LogP contribution in [0.15, 0.2) is 29.2 Å². The molecule has 1 aromatic carbocycles. The van der Waals surface area contributed by atoms with Crippen LogP contribution in [-0.4, -0.2) is 50.8 Å². The molecule has 0 aliphatic carbocycles. The number of esters is 1. The summed E-state index contributed by atoms with van der Waals surface area (Å²) in [5.74, 6) is -0.119. The third-order valence-electron chi connectivity index (χ3n) is 2.68. The molecule has 0 spiro atoms. The molecule has 8 heteroatoms. The van der Waals surface area contributed by atoms with Gasteiger partial charge in [-0.15, -0.1) is 0 Å². The first-order valence-corrected chi connectivity index (χ1v) is 8.99. The Morgan fingerprint density at radius 1 is 1.38 bits per heavy atom. The molecule has 0 fully saturated rings. The highest BCUT2D eigenvalue weighted by atomic mass is 32.2. The minimum absolute atomic E-state index is 0.0232. The predicted molar refractivity (Wildman–Crippen MR) is 82.0 cm³/mol. The molecule has 0 saturated carbocycles. The fourth-order valence-corrected chi connectivity index (χ4v) is 3.47. The van der Waals surface area contributed by atoms with E-state index in [0.29, 0.717) is 5.75 Å². The molecule has 0 aliphatic rings. The fraction of sp³-hybridized carbons (Fsp3) is 0.462. The molecule has 6 nitrogen and oxygen atoms in total. The van der Waals surface area contributed by atoms with E-state index in [1.165, 1.54) is 43.1 Å². The van der Waals surface area contributed by atoms with Crippen molar-refractivity contribution in [1.29, 1.82) is 0 Å². The number of carbonyl (C=O) groups is 1. The number of aliphatic hydroxyl groups is 1. The Bertz CT molecular complexity index is 581. The summed E-state index contributed by atoms with van der Waals surface area (Å²) in [4.78, 5) is 11.3. The Morgan fingerprint density at radius 3 is 2.43 bits per heavy atom. The van der Waals surface area contributed by atoms with Crippen LogP contribution in [0.5, 0.6) is 0 Å². The lowest BCUT2D eigenvalue weighted by atomic mass is 10.1. The summed E-state index contributed by atoms with van der Waals surface area (Å²) in [7, 11) is -2.48. The topological polar surface area (TPSA) is 92.7 Å². The Kier molecular flexibility index (Phi) is 6.21. The Morgan fingerprint density at radius 2 is 1.95 bits per heavy atom. The average molecular weight is 333 g/mol. The number of benzene rings is 1. The van der Waals surface area contributed by atoms with Crippen LogP contribution in [0.25, 0.3) is 0 Å². The van der Waals surface area contributed by atoms with Crippen LogP contribution in [0.4, 0.5) is 0 Å². The van der Waals surface area contributed by atoms with Gasteiger partial charge in [0.1, 0.15) is 0 Å². The average Bonchev–Trinajstić information content (AvgIpc) is 2.45. The molecule has 0 amide bonds. The van der Waals surface area contributed by atoms with Crippen molar-refractivity contribution < 1.29 is 23.1 Å². The predicted octanol–water partition coefficient (Wildman–Crippen LogP) is 0.865. The molecule has 21 heavy (non-hydrogen) atoms. The maximum absolute atomic E-state index is 12.1. The molecule has 0 aromatic heterocycles. The van der Waals surface area contributed by atoms with E-state index < -0.39 is 21.6 Å². The second-order valence-electron chi connectivity index (χ2n) is 4.77. The van der Waals surface area contributed by atoms with Gasteiger partial charge in [-0.05, 0) is 37.4 Å². The largest absolute Gasteiger partial charge is 0.465 e. The van der Waals surface area contributed by atoms with Crippen LogP contribution in [0.1, 0.15) is 17.3 Å². The molecule has 1 atom stereocenters. The SMILES string of the molecule is COC(=O)c1ccc(S(=O)(=O)NCC(C)(O)CSC)cc1. The minimum Gasteiger partial charge on any atom is -0.465 e. The smallest absolute Gasteiger partial charge is 0.337 e. The minimum atomic E-state index is -3.73. The number of hydrogen-bond donors (Lipinski definition) is 2. The van der Waals surface area contributed by atoms with Crippen molar-refractivity contribution >= 4 is 27.8 Å². The lowest BCUT2D eigenvalue weighted by Crippen LogP contribution is -2.42. The lowest BCUT2D eigenvalue weighted by molar-refractivity contribution is 0.0600. The number of ether oxygens (including phenoxy) is 1. The van der Waals surface area contributed by atoms with E-state index in [1.807, 2.05) is 6.26 Å². The molecule has 2 N–H and O–H groups in total. The second-order valence-corrected chi connectivity index (χ2v) is 7.40. The van der Waals surface area contributed by atoms with Gasteiger partial charge in [-0.1, -0.05) is 0 Å². The second kappa shape index (κ2) is 7.26. The number of carbonyl (C=O) groups excluding carboxylic acids is 1. The molecular weight excluding hydrogens is 314 g/mol. The van der Waals surface area contributed by atoms with Crippen molar-refractivity contribution in [2.45, 2.75) is 17.4 Å². The van der Waals surface area contributed by atoms with E-state index >= 15 is 0 Å². The van der Waals surface area contributed by atoms with E-state index in [2.05, 4.69) is 9.46 Å². The summed E-state index contributed by atoms with van der Waals surface area (Å²) in [5, 5.41) is 9.96. The molecule has 1 unspecified atom stereocenters. The fourth-order valence-electron chi connectivity index (χ4n) is 1.58. The quantitative estimate of drug-likeness (QED) is 0.719. The van der Waals surface area contributed by atoms with Gasteiger partial charge in [-0.2, -0.15) is 11.8 Å². The number of hydrogen-bond acceptors (Lipinski definition) is 6. The van der Waals surface area contributed by atoms with Gasteiger partial charge in [0.2, 0.25) is 10.0 Å². The zero-order chi connectivity index (χ0) is 16.1. The van der Waals surface area contributed by atoms with Gasteiger partial charge >= 0.3 is 5.97 Å². The van der Waals surface area contributed by atoms with Gasteiger partial charge in [0, 0.05) is 12.3 Å². The van der Waals surface area contributed by atoms with E-state index in [-0.39, 0.29) is 17.0 Å². The normalized spacial score (nSPS) is 14.5. The van der Waals surface area contributed by atoms with Crippen LogP contribution in [-0.2, 0) is 14.8 Å². The highest BCUT2D eigenvalue weighted by Crippen LogP contribution is 2.14.